The second kappa shape index (κ2) is 8.09. The van der Waals surface area contributed by atoms with Crippen molar-refractivity contribution in [1.82, 2.24) is 0 Å². The number of anilines is 1. The molecule has 1 aromatic rings. The maximum Gasteiger partial charge on any atom is 0.123 e. The standard InChI is InChI=1S/C15H25FN2/c1-3-13(10-11-17)5-4-12-18(2)15-8-6-14(16)7-9-15/h6-9,13H,3-5,10-12,17H2,1-2H3. The summed E-state index contributed by atoms with van der Waals surface area (Å²) in [5, 5.41) is 0. The Bertz CT molecular complexity index is 324. The van der Waals surface area contributed by atoms with E-state index in [0.717, 1.165) is 37.5 Å². The summed E-state index contributed by atoms with van der Waals surface area (Å²) in [7, 11) is 2.05. The lowest BCUT2D eigenvalue weighted by molar-refractivity contribution is 0.431. The van der Waals surface area contributed by atoms with E-state index in [1.807, 2.05) is 12.1 Å². The minimum absolute atomic E-state index is 0.179. The van der Waals surface area contributed by atoms with Crippen molar-refractivity contribution in [2.24, 2.45) is 11.7 Å². The molecule has 0 bridgehead atoms. The van der Waals surface area contributed by atoms with E-state index in [-0.39, 0.29) is 5.82 Å². The van der Waals surface area contributed by atoms with Gasteiger partial charge >= 0.3 is 0 Å². The highest BCUT2D eigenvalue weighted by Crippen LogP contribution is 2.17. The lowest BCUT2D eigenvalue weighted by atomic mass is 9.96. The van der Waals surface area contributed by atoms with Crippen LogP contribution in [0.2, 0.25) is 0 Å². The number of hydrogen-bond acceptors (Lipinski definition) is 2. The van der Waals surface area contributed by atoms with Gasteiger partial charge in [0.05, 0.1) is 0 Å². The average molecular weight is 252 g/mol. The zero-order valence-electron chi connectivity index (χ0n) is 11.5. The van der Waals surface area contributed by atoms with Crippen LogP contribution < -0.4 is 10.6 Å². The fourth-order valence-electron chi connectivity index (χ4n) is 2.23. The third-order valence-electron chi connectivity index (χ3n) is 3.53. The summed E-state index contributed by atoms with van der Waals surface area (Å²) >= 11 is 0. The van der Waals surface area contributed by atoms with Gasteiger partial charge in [0.25, 0.3) is 0 Å². The van der Waals surface area contributed by atoms with E-state index in [1.165, 1.54) is 25.0 Å². The molecule has 102 valence electrons. The van der Waals surface area contributed by atoms with Crippen molar-refractivity contribution in [2.75, 3.05) is 25.0 Å². The smallest absolute Gasteiger partial charge is 0.123 e. The Morgan fingerprint density at radius 3 is 2.44 bits per heavy atom. The molecule has 0 amide bonds. The van der Waals surface area contributed by atoms with Gasteiger partial charge in [0, 0.05) is 19.3 Å². The van der Waals surface area contributed by atoms with Crippen molar-refractivity contribution in [1.29, 1.82) is 0 Å². The minimum Gasteiger partial charge on any atom is -0.375 e. The quantitative estimate of drug-likeness (QED) is 0.768. The van der Waals surface area contributed by atoms with Crippen LogP contribution >= 0.6 is 0 Å². The SMILES string of the molecule is CCC(CCN)CCCN(C)c1ccc(F)cc1. The number of rotatable bonds is 8. The molecule has 1 aromatic carbocycles. The van der Waals surface area contributed by atoms with E-state index >= 15 is 0 Å². The van der Waals surface area contributed by atoms with Gasteiger partial charge in [0.15, 0.2) is 0 Å². The van der Waals surface area contributed by atoms with Gasteiger partial charge in [-0.05, 0) is 56.0 Å². The van der Waals surface area contributed by atoms with Crippen LogP contribution in [0.1, 0.15) is 32.6 Å². The van der Waals surface area contributed by atoms with Crippen LogP contribution in [0, 0.1) is 11.7 Å². The minimum atomic E-state index is -0.179. The number of benzene rings is 1. The second-order valence-electron chi connectivity index (χ2n) is 4.89. The topological polar surface area (TPSA) is 29.3 Å². The highest BCUT2D eigenvalue weighted by atomic mass is 19.1. The summed E-state index contributed by atoms with van der Waals surface area (Å²) in [5.74, 6) is 0.567. The molecule has 0 aliphatic heterocycles. The third-order valence-corrected chi connectivity index (χ3v) is 3.53. The van der Waals surface area contributed by atoms with Crippen LogP contribution in [0.3, 0.4) is 0 Å². The summed E-state index contributed by atoms with van der Waals surface area (Å²) < 4.78 is 12.8. The van der Waals surface area contributed by atoms with Crippen LogP contribution in [0.5, 0.6) is 0 Å². The van der Waals surface area contributed by atoms with Crippen molar-refractivity contribution in [3.8, 4) is 0 Å². The summed E-state index contributed by atoms with van der Waals surface area (Å²) in [6, 6.07) is 6.67. The summed E-state index contributed by atoms with van der Waals surface area (Å²) in [5.41, 5.74) is 6.67. The molecule has 3 heteroatoms. The molecule has 0 saturated carbocycles. The molecule has 0 spiro atoms. The van der Waals surface area contributed by atoms with Gasteiger partial charge in [-0.2, -0.15) is 0 Å². The largest absolute Gasteiger partial charge is 0.375 e. The second-order valence-corrected chi connectivity index (χ2v) is 4.89. The summed E-state index contributed by atoms with van der Waals surface area (Å²) in [4.78, 5) is 2.18. The van der Waals surface area contributed by atoms with E-state index < -0.39 is 0 Å². The normalized spacial score (nSPS) is 12.4. The zero-order chi connectivity index (χ0) is 13.4. The highest BCUT2D eigenvalue weighted by Gasteiger charge is 2.06. The van der Waals surface area contributed by atoms with Crippen molar-refractivity contribution < 1.29 is 4.39 Å². The lowest BCUT2D eigenvalue weighted by Crippen LogP contribution is -2.19. The first-order valence-corrected chi connectivity index (χ1v) is 6.84. The van der Waals surface area contributed by atoms with Crippen LogP contribution in [-0.4, -0.2) is 20.1 Å². The average Bonchev–Trinajstić information content (AvgIpc) is 2.38. The lowest BCUT2D eigenvalue weighted by Gasteiger charge is -2.21. The maximum atomic E-state index is 12.8. The zero-order valence-corrected chi connectivity index (χ0v) is 11.5. The fourth-order valence-corrected chi connectivity index (χ4v) is 2.23. The Labute approximate surface area is 110 Å². The van der Waals surface area contributed by atoms with Gasteiger partial charge in [-0.15, -0.1) is 0 Å². The summed E-state index contributed by atoms with van der Waals surface area (Å²) in [6.07, 6.45) is 4.71. The van der Waals surface area contributed by atoms with Gasteiger partial charge in [0.2, 0.25) is 0 Å². The molecule has 0 saturated heterocycles. The Hall–Kier alpha value is -1.09. The molecule has 18 heavy (non-hydrogen) atoms. The van der Waals surface area contributed by atoms with E-state index in [9.17, 15) is 4.39 Å². The molecule has 0 fully saturated rings. The molecule has 0 aromatic heterocycles. The van der Waals surface area contributed by atoms with Gasteiger partial charge < -0.3 is 10.6 Å². The van der Waals surface area contributed by atoms with Gasteiger partial charge in [-0.1, -0.05) is 13.3 Å². The van der Waals surface area contributed by atoms with Crippen molar-refractivity contribution in [3.05, 3.63) is 30.1 Å². The molecule has 2 nitrogen and oxygen atoms in total. The maximum absolute atomic E-state index is 12.8. The molecule has 0 aliphatic rings. The Morgan fingerprint density at radius 1 is 1.22 bits per heavy atom. The summed E-state index contributed by atoms with van der Waals surface area (Å²) in [6.45, 7) is 4.02. The molecule has 0 aliphatic carbocycles. The number of hydrogen-bond donors (Lipinski definition) is 1. The molecular weight excluding hydrogens is 227 g/mol. The highest BCUT2D eigenvalue weighted by molar-refractivity contribution is 5.45. The Morgan fingerprint density at radius 2 is 1.89 bits per heavy atom. The monoisotopic (exact) mass is 252 g/mol. The van der Waals surface area contributed by atoms with E-state index in [4.69, 9.17) is 5.73 Å². The van der Waals surface area contributed by atoms with Crippen molar-refractivity contribution in [2.45, 2.75) is 32.6 Å². The molecule has 0 radical (unpaired) electrons. The van der Waals surface area contributed by atoms with Gasteiger partial charge in [0.1, 0.15) is 5.82 Å². The van der Waals surface area contributed by atoms with Crippen LogP contribution in [0.4, 0.5) is 10.1 Å². The molecule has 1 unspecified atom stereocenters. The van der Waals surface area contributed by atoms with Crippen LogP contribution in [-0.2, 0) is 0 Å². The third kappa shape index (κ3) is 5.05. The van der Waals surface area contributed by atoms with Crippen LogP contribution in [0.15, 0.2) is 24.3 Å². The van der Waals surface area contributed by atoms with Gasteiger partial charge in [-0.25, -0.2) is 4.39 Å². The number of nitrogens with zero attached hydrogens (tertiary/aromatic N) is 1. The molecule has 2 N–H and O–H groups in total. The first-order chi connectivity index (χ1) is 8.67. The Kier molecular flexibility index (Phi) is 6.73. The van der Waals surface area contributed by atoms with Crippen LogP contribution in [0.25, 0.3) is 0 Å². The van der Waals surface area contributed by atoms with E-state index in [0.29, 0.717) is 0 Å². The molecule has 0 heterocycles. The first-order valence-electron chi connectivity index (χ1n) is 6.84. The van der Waals surface area contributed by atoms with Crippen molar-refractivity contribution in [3.63, 3.8) is 0 Å². The first kappa shape index (κ1) is 15.0. The van der Waals surface area contributed by atoms with Crippen molar-refractivity contribution >= 4 is 5.69 Å². The van der Waals surface area contributed by atoms with Gasteiger partial charge in [-0.3, -0.25) is 0 Å². The molecule has 1 rings (SSSR count). The van der Waals surface area contributed by atoms with E-state index in [1.54, 1.807) is 0 Å². The fraction of sp³-hybridized carbons (Fsp3) is 0.600. The van der Waals surface area contributed by atoms with E-state index in [2.05, 4.69) is 18.9 Å². The number of nitrogens with two attached hydrogens (primary N) is 1. The predicted octanol–water partition coefficient (Wildman–Crippen LogP) is 3.42. The number of halogens is 1. The Balaban J connectivity index is 2.32. The molecule has 1 atom stereocenters. The predicted molar refractivity (Wildman–Crippen MR) is 76.4 cm³/mol. The molecular formula is C15H25FN2.